The largest absolute Gasteiger partial charge is 0.309 e. The van der Waals surface area contributed by atoms with Crippen molar-refractivity contribution in [3.8, 4) is 0 Å². The fourth-order valence-corrected chi connectivity index (χ4v) is 4.88. The Bertz CT molecular complexity index is 206. The molecule has 1 atom stereocenters. The van der Waals surface area contributed by atoms with Gasteiger partial charge in [0.25, 0.3) is 0 Å². The fraction of sp³-hybridized carbons (Fsp3) is 1.00. The van der Waals surface area contributed by atoms with Crippen LogP contribution in [0.2, 0.25) is 0 Å². The van der Waals surface area contributed by atoms with Crippen molar-refractivity contribution < 1.29 is 4.18 Å². The maximum atomic E-state index is 6.07. The Kier molecular flexibility index (Phi) is 5.05. The predicted octanol–water partition coefficient (Wildman–Crippen LogP) is 3.66. The van der Waals surface area contributed by atoms with Crippen molar-refractivity contribution in [1.82, 2.24) is 0 Å². The lowest BCUT2D eigenvalue weighted by molar-refractivity contribution is 0.179. The first kappa shape index (κ1) is 12.0. The van der Waals surface area contributed by atoms with Crippen molar-refractivity contribution in [3.05, 3.63) is 0 Å². The van der Waals surface area contributed by atoms with E-state index in [2.05, 4.69) is 0 Å². The summed E-state index contributed by atoms with van der Waals surface area (Å²) in [6.45, 7) is 0. The summed E-state index contributed by atoms with van der Waals surface area (Å²) < 4.78 is 6.07. The average molecular weight is 246 g/mol. The van der Waals surface area contributed by atoms with Crippen molar-refractivity contribution in [2.24, 2.45) is 0 Å². The molecule has 3 heteroatoms. The van der Waals surface area contributed by atoms with Crippen molar-refractivity contribution >= 4 is 20.9 Å². The Morgan fingerprint density at radius 1 is 0.800 bits per heavy atom. The van der Waals surface area contributed by atoms with Gasteiger partial charge < -0.3 is 4.18 Å². The van der Waals surface area contributed by atoms with Gasteiger partial charge in [0.2, 0.25) is 0 Å². The molecule has 0 aromatic carbocycles. The number of hydrogen-bond donors (Lipinski definition) is 0. The highest BCUT2D eigenvalue weighted by Gasteiger charge is 2.21. The lowest BCUT2D eigenvalue weighted by Crippen LogP contribution is -2.25. The molecule has 2 rings (SSSR count). The third-order valence-corrected chi connectivity index (χ3v) is 6.14. The molecule has 0 radical (unpaired) electrons. The van der Waals surface area contributed by atoms with Crippen LogP contribution in [0.15, 0.2) is 0 Å². The Morgan fingerprint density at radius 2 is 1.33 bits per heavy atom. The Morgan fingerprint density at radius 3 is 1.93 bits per heavy atom. The standard InChI is InChI=1S/C12H22OS2/c14-15(12-9-5-2-6-10-12)13-11-7-3-1-4-8-11/h11-12H,1-10H2. The van der Waals surface area contributed by atoms with E-state index in [1.165, 1.54) is 64.2 Å². The zero-order valence-electron chi connectivity index (χ0n) is 9.45. The van der Waals surface area contributed by atoms with Gasteiger partial charge in [-0.05, 0) is 36.9 Å². The summed E-state index contributed by atoms with van der Waals surface area (Å²) >= 11 is 5.54. The molecule has 0 saturated heterocycles. The van der Waals surface area contributed by atoms with Gasteiger partial charge in [-0.15, -0.1) is 0 Å². The first-order valence-corrected chi connectivity index (χ1v) is 8.58. The highest BCUT2D eigenvalue weighted by molar-refractivity contribution is 8.26. The van der Waals surface area contributed by atoms with Crippen molar-refractivity contribution in [1.29, 1.82) is 0 Å². The third-order valence-electron chi connectivity index (χ3n) is 3.61. The van der Waals surface area contributed by atoms with Gasteiger partial charge in [-0.3, -0.25) is 0 Å². The second-order valence-corrected chi connectivity index (χ2v) is 7.24. The summed E-state index contributed by atoms with van der Waals surface area (Å²) in [4.78, 5) is 0. The van der Waals surface area contributed by atoms with Crippen molar-refractivity contribution in [2.45, 2.75) is 75.6 Å². The van der Waals surface area contributed by atoms with Gasteiger partial charge in [-0.25, -0.2) is 0 Å². The van der Waals surface area contributed by atoms with Crippen LogP contribution in [0.5, 0.6) is 0 Å². The minimum atomic E-state index is -0.171. The van der Waals surface area contributed by atoms with E-state index < -0.39 is 0 Å². The minimum absolute atomic E-state index is 0.171. The second-order valence-electron chi connectivity index (χ2n) is 4.88. The summed E-state index contributed by atoms with van der Waals surface area (Å²) in [5.74, 6) is 0. The van der Waals surface area contributed by atoms with E-state index in [-0.39, 0.29) is 9.74 Å². The Balaban J connectivity index is 1.74. The molecule has 15 heavy (non-hydrogen) atoms. The molecule has 88 valence electrons. The molecule has 2 fully saturated rings. The van der Waals surface area contributed by atoms with Gasteiger partial charge >= 0.3 is 0 Å². The van der Waals surface area contributed by atoms with E-state index in [1.54, 1.807) is 0 Å². The Labute approximate surface area is 101 Å². The lowest BCUT2D eigenvalue weighted by atomic mass is 9.98. The second kappa shape index (κ2) is 6.31. The predicted molar refractivity (Wildman–Crippen MR) is 69.6 cm³/mol. The molecular weight excluding hydrogens is 224 g/mol. The van der Waals surface area contributed by atoms with E-state index in [0.717, 1.165) is 0 Å². The van der Waals surface area contributed by atoms with Gasteiger partial charge in [-0.1, -0.05) is 38.5 Å². The van der Waals surface area contributed by atoms with E-state index >= 15 is 0 Å². The maximum absolute atomic E-state index is 6.07. The molecule has 0 aliphatic heterocycles. The molecule has 1 unspecified atom stereocenters. The van der Waals surface area contributed by atoms with Crippen LogP contribution in [-0.4, -0.2) is 11.4 Å². The molecule has 0 aromatic rings. The van der Waals surface area contributed by atoms with Crippen molar-refractivity contribution in [2.75, 3.05) is 0 Å². The molecule has 1 nitrogen and oxygen atoms in total. The highest BCUT2D eigenvalue weighted by Crippen LogP contribution is 2.26. The van der Waals surface area contributed by atoms with E-state index in [4.69, 9.17) is 15.4 Å². The normalized spacial score (nSPS) is 27.7. The molecular formula is C12H22OS2. The van der Waals surface area contributed by atoms with Crippen LogP contribution in [0.4, 0.5) is 0 Å². The summed E-state index contributed by atoms with van der Waals surface area (Å²) in [6, 6.07) is 0. The first-order chi connectivity index (χ1) is 7.36. The summed E-state index contributed by atoms with van der Waals surface area (Å²) in [7, 11) is -0.171. The molecule has 0 amide bonds. The molecule has 0 bridgehead atoms. The molecule has 0 spiro atoms. The molecule has 0 N–H and O–H groups in total. The number of hydrogen-bond acceptors (Lipinski definition) is 2. The third kappa shape index (κ3) is 3.79. The van der Waals surface area contributed by atoms with Gasteiger partial charge in [0.05, 0.1) is 6.10 Å². The van der Waals surface area contributed by atoms with E-state index in [0.29, 0.717) is 11.4 Å². The van der Waals surface area contributed by atoms with E-state index in [1.807, 2.05) is 0 Å². The summed E-state index contributed by atoms with van der Waals surface area (Å²) in [6.07, 6.45) is 13.9. The Hall–Kier alpha value is 0.530. The van der Waals surface area contributed by atoms with Crippen LogP contribution in [0.1, 0.15) is 64.2 Å². The maximum Gasteiger partial charge on any atom is 0.0725 e. The molecule has 2 aliphatic rings. The van der Waals surface area contributed by atoms with Gasteiger partial charge in [0, 0.05) is 15.0 Å². The van der Waals surface area contributed by atoms with Crippen LogP contribution in [0.25, 0.3) is 0 Å². The first-order valence-electron chi connectivity index (χ1n) is 6.44. The van der Waals surface area contributed by atoms with E-state index in [9.17, 15) is 0 Å². The van der Waals surface area contributed by atoms with Crippen LogP contribution in [0.3, 0.4) is 0 Å². The van der Waals surface area contributed by atoms with Crippen LogP contribution < -0.4 is 0 Å². The van der Waals surface area contributed by atoms with Gasteiger partial charge in [0.15, 0.2) is 0 Å². The number of rotatable bonds is 3. The lowest BCUT2D eigenvalue weighted by Gasteiger charge is -2.27. The van der Waals surface area contributed by atoms with Crippen molar-refractivity contribution in [3.63, 3.8) is 0 Å². The fourth-order valence-electron chi connectivity index (χ4n) is 2.63. The molecule has 2 aliphatic carbocycles. The zero-order valence-corrected chi connectivity index (χ0v) is 11.1. The van der Waals surface area contributed by atoms with Crippen LogP contribution in [-0.2, 0) is 25.1 Å². The quantitative estimate of drug-likeness (QED) is 0.751. The highest BCUT2D eigenvalue weighted by atomic mass is 32.8. The summed E-state index contributed by atoms with van der Waals surface area (Å²) in [5.41, 5.74) is 0. The topological polar surface area (TPSA) is 9.23 Å². The molecule has 0 heterocycles. The molecule has 2 saturated carbocycles. The van der Waals surface area contributed by atoms with Crippen LogP contribution in [0, 0.1) is 0 Å². The van der Waals surface area contributed by atoms with Gasteiger partial charge in [0.1, 0.15) is 0 Å². The minimum Gasteiger partial charge on any atom is -0.309 e. The smallest absolute Gasteiger partial charge is 0.0725 e. The molecule has 0 aromatic heterocycles. The van der Waals surface area contributed by atoms with Gasteiger partial charge in [-0.2, -0.15) is 0 Å². The zero-order chi connectivity index (χ0) is 10.5. The van der Waals surface area contributed by atoms with Crippen LogP contribution >= 0.6 is 0 Å². The monoisotopic (exact) mass is 246 g/mol. The summed E-state index contributed by atoms with van der Waals surface area (Å²) in [5, 5.41) is 0.704. The SMILES string of the molecule is S=S(OC1CCCCC1)C1CCCCC1. The average Bonchev–Trinajstić information content (AvgIpc) is 2.31.